The van der Waals surface area contributed by atoms with Crippen molar-refractivity contribution in [2.45, 2.75) is 26.8 Å². The van der Waals surface area contributed by atoms with Crippen LogP contribution in [0, 0.1) is 5.95 Å². The van der Waals surface area contributed by atoms with Crippen LogP contribution in [0.3, 0.4) is 0 Å². The Hall–Kier alpha value is -1.49. The number of likely N-dealkylation sites (N-methyl/N-ethyl adjacent to an activating group) is 1. The summed E-state index contributed by atoms with van der Waals surface area (Å²) in [6.45, 7) is 8.83. The number of halogens is 1. The predicted molar refractivity (Wildman–Crippen MR) is 68.9 cm³/mol. The Morgan fingerprint density at radius 1 is 1.44 bits per heavy atom. The first-order chi connectivity index (χ1) is 8.56. The van der Waals surface area contributed by atoms with Gasteiger partial charge in [0.2, 0.25) is 5.95 Å². The zero-order valence-corrected chi connectivity index (χ0v) is 11.1. The molecule has 0 radical (unpaired) electrons. The maximum atomic E-state index is 12.6. The number of carbonyl (C=O) groups is 1. The van der Waals surface area contributed by atoms with Crippen molar-refractivity contribution in [3.05, 3.63) is 29.8 Å². The molecule has 0 aliphatic heterocycles. The topological polar surface area (TPSA) is 45.2 Å². The molecule has 0 spiro atoms. The number of nitrogens with one attached hydrogen (secondary N) is 1. The highest BCUT2D eigenvalue weighted by atomic mass is 19.1. The third-order valence-electron chi connectivity index (χ3n) is 2.79. The molecule has 0 aromatic carbocycles. The van der Waals surface area contributed by atoms with Gasteiger partial charge in [-0.25, -0.2) is 4.98 Å². The van der Waals surface area contributed by atoms with E-state index in [2.05, 4.69) is 29.0 Å². The molecule has 1 rings (SSSR count). The van der Waals surface area contributed by atoms with Crippen LogP contribution in [0.5, 0.6) is 0 Å². The summed E-state index contributed by atoms with van der Waals surface area (Å²) in [4.78, 5) is 17.5. The average Bonchev–Trinajstić information content (AvgIpc) is 2.36. The number of nitrogens with zero attached hydrogens (tertiary/aromatic N) is 2. The van der Waals surface area contributed by atoms with Crippen molar-refractivity contribution in [3.63, 3.8) is 0 Å². The average molecular weight is 253 g/mol. The van der Waals surface area contributed by atoms with Gasteiger partial charge in [0.1, 0.15) is 0 Å². The van der Waals surface area contributed by atoms with E-state index in [4.69, 9.17) is 0 Å². The minimum atomic E-state index is -0.581. The van der Waals surface area contributed by atoms with Crippen LogP contribution in [-0.2, 0) is 0 Å². The van der Waals surface area contributed by atoms with Crippen molar-refractivity contribution >= 4 is 5.91 Å². The fraction of sp³-hybridized carbons (Fsp3) is 0.538. The van der Waals surface area contributed by atoms with Crippen LogP contribution in [0.25, 0.3) is 0 Å². The van der Waals surface area contributed by atoms with E-state index in [1.54, 1.807) is 0 Å². The fourth-order valence-corrected chi connectivity index (χ4v) is 1.73. The maximum Gasteiger partial charge on any atom is 0.253 e. The number of pyridine rings is 1. The van der Waals surface area contributed by atoms with Gasteiger partial charge in [-0.05, 0) is 32.1 Å². The molecule has 1 aromatic heterocycles. The third kappa shape index (κ3) is 4.41. The first-order valence-corrected chi connectivity index (χ1v) is 6.21. The normalized spacial score (nSPS) is 12.5. The molecule has 1 aromatic rings. The Kier molecular flexibility index (Phi) is 5.71. The Morgan fingerprint density at radius 3 is 2.61 bits per heavy atom. The lowest BCUT2D eigenvalue weighted by Crippen LogP contribution is -2.41. The molecule has 0 saturated carbocycles. The summed E-state index contributed by atoms with van der Waals surface area (Å²) in [6.07, 6.45) is 1.24. The van der Waals surface area contributed by atoms with E-state index in [1.165, 1.54) is 18.3 Å². The second-order valence-electron chi connectivity index (χ2n) is 4.23. The number of amides is 1. The maximum absolute atomic E-state index is 12.6. The van der Waals surface area contributed by atoms with Crippen LogP contribution in [0.1, 0.15) is 31.1 Å². The van der Waals surface area contributed by atoms with Gasteiger partial charge in [-0.3, -0.25) is 4.79 Å². The van der Waals surface area contributed by atoms with E-state index in [0.29, 0.717) is 5.56 Å². The number of aromatic nitrogens is 1. The molecule has 5 heteroatoms. The Morgan fingerprint density at radius 2 is 2.11 bits per heavy atom. The molecule has 1 atom stereocenters. The van der Waals surface area contributed by atoms with Crippen molar-refractivity contribution in [1.82, 2.24) is 15.2 Å². The molecule has 1 amide bonds. The van der Waals surface area contributed by atoms with Crippen molar-refractivity contribution in [3.8, 4) is 0 Å². The molecule has 1 N–H and O–H groups in total. The van der Waals surface area contributed by atoms with E-state index in [-0.39, 0.29) is 11.9 Å². The Labute approximate surface area is 107 Å². The van der Waals surface area contributed by atoms with Gasteiger partial charge in [0.25, 0.3) is 5.91 Å². The predicted octanol–water partition coefficient (Wildman–Crippen LogP) is 1.68. The van der Waals surface area contributed by atoms with E-state index in [1.807, 2.05) is 6.92 Å². The molecule has 4 nitrogen and oxygen atoms in total. The first kappa shape index (κ1) is 14.6. The minimum absolute atomic E-state index is 0.0439. The van der Waals surface area contributed by atoms with Gasteiger partial charge >= 0.3 is 0 Å². The number of hydrogen-bond acceptors (Lipinski definition) is 3. The highest BCUT2D eigenvalue weighted by molar-refractivity contribution is 5.93. The lowest BCUT2D eigenvalue weighted by molar-refractivity contribution is 0.0930. The van der Waals surface area contributed by atoms with E-state index in [9.17, 15) is 9.18 Å². The molecule has 0 aliphatic rings. The van der Waals surface area contributed by atoms with E-state index < -0.39 is 5.95 Å². The summed E-state index contributed by atoms with van der Waals surface area (Å²) in [7, 11) is 0. The van der Waals surface area contributed by atoms with Crippen LogP contribution in [0.2, 0.25) is 0 Å². The van der Waals surface area contributed by atoms with Gasteiger partial charge in [-0.2, -0.15) is 4.39 Å². The zero-order valence-electron chi connectivity index (χ0n) is 11.1. The van der Waals surface area contributed by atoms with Gasteiger partial charge in [-0.1, -0.05) is 13.8 Å². The molecule has 0 fully saturated rings. The highest BCUT2D eigenvalue weighted by Crippen LogP contribution is 2.00. The lowest BCUT2D eigenvalue weighted by atomic mass is 10.2. The Bertz CT molecular complexity index is 376. The SMILES string of the molecule is CCN(CC)CC(C)NC(=O)c1ccc(F)nc1. The van der Waals surface area contributed by atoms with Crippen LogP contribution < -0.4 is 5.32 Å². The number of hydrogen-bond donors (Lipinski definition) is 1. The smallest absolute Gasteiger partial charge is 0.253 e. The second-order valence-corrected chi connectivity index (χ2v) is 4.23. The standard InChI is InChI=1S/C13H20FN3O/c1-4-17(5-2)9-10(3)16-13(18)11-6-7-12(14)15-8-11/h6-8,10H,4-5,9H2,1-3H3,(H,16,18). The molecule has 0 bridgehead atoms. The van der Waals surface area contributed by atoms with Gasteiger partial charge < -0.3 is 10.2 Å². The largest absolute Gasteiger partial charge is 0.348 e. The lowest BCUT2D eigenvalue weighted by Gasteiger charge is -2.23. The van der Waals surface area contributed by atoms with Crippen LogP contribution in [0.4, 0.5) is 4.39 Å². The summed E-state index contributed by atoms with van der Waals surface area (Å²) in [5.74, 6) is -0.801. The highest BCUT2D eigenvalue weighted by Gasteiger charge is 2.12. The summed E-state index contributed by atoms with van der Waals surface area (Å²) in [5, 5.41) is 2.87. The van der Waals surface area contributed by atoms with Crippen molar-refractivity contribution in [2.75, 3.05) is 19.6 Å². The van der Waals surface area contributed by atoms with Gasteiger partial charge in [0, 0.05) is 18.8 Å². The molecule has 100 valence electrons. The third-order valence-corrected chi connectivity index (χ3v) is 2.79. The first-order valence-electron chi connectivity index (χ1n) is 6.21. The van der Waals surface area contributed by atoms with Gasteiger partial charge in [0.15, 0.2) is 0 Å². The van der Waals surface area contributed by atoms with Gasteiger partial charge in [-0.15, -0.1) is 0 Å². The second kappa shape index (κ2) is 7.06. The van der Waals surface area contributed by atoms with Gasteiger partial charge in [0.05, 0.1) is 5.56 Å². The molecule has 1 heterocycles. The zero-order chi connectivity index (χ0) is 13.5. The molecule has 1 unspecified atom stereocenters. The summed E-state index contributed by atoms with van der Waals surface area (Å²) < 4.78 is 12.6. The fourth-order valence-electron chi connectivity index (χ4n) is 1.73. The Balaban J connectivity index is 2.51. The molecule has 18 heavy (non-hydrogen) atoms. The van der Waals surface area contributed by atoms with Crippen LogP contribution >= 0.6 is 0 Å². The summed E-state index contributed by atoms with van der Waals surface area (Å²) >= 11 is 0. The summed E-state index contributed by atoms with van der Waals surface area (Å²) in [5.41, 5.74) is 0.378. The molecular weight excluding hydrogens is 233 g/mol. The van der Waals surface area contributed by atoms with E-state index >= 15 is 0 Å². The van der Waals surface area contributed by atoms with Crippen molar-refractivity contribution in [1.29, 1.82) is 0 Å². The quantitative estimate of drug-likeness (QED) is 0.785. The molecule has 0 aliphatic carbocycles. The van der Waals surface area contributed by atoms with Crippen molar-refractivity contribution < 1.29 is 9.18 Å². The van der Waals surface area contributed by atoms with E-state index in [0.717, 1.165) is 19.6 Å². The number of rotatable bonds is 6. The van der Waals surface area contributed by atoms with Crippen LogP contribution in [-0.4, -0.2) is 41.5 Å². The monoisotopic (exact) mass is 253 g/mol. The molecular formula is C13H20FN3O. The molecule has 0 saturated heterocycles. The van der Waals surface area contributed by atoms with Crippen molar-refractivity contribution in [2.24, 2.45) is 0 Å². The number of carbonyl (C=O) groups excluding carboxylic acids is 1. The van der Waals surface area contributed by atoms with Crippen LogP contribution in [0.15, 0.2) is 18.3 Å². The minimum Gasteiger partial charge on any atom is -0.348 e. The summed E-state index contributed by atoms with van der Waals surface area (Å²) in [6, 6.07) is 2.66.